The van der Waals surface area contributed by atoms with E-state index in [4.69, 9.17) is 28.2 Å². The van der Waals surface area contributed by atoms with Gasteiger partial charge in [0.05, 0.1) is 21.3 Å². The number of thioether (sulfide) groups is 1. The van der Waals surface area contributed by atoms with E-state index >= 15 is 0 Å². The standard InChI is InChI=1S/C16H20Cl2N2S/c1-10-4-3-7-16(8-10)9-21-15(20-16)19-14-12(17)6-5-11(2)13(14)18/h5-6,10H,3-4,7-9H2,1-2H3,(H,19,20). The first-order valence-corrected chi connectivity index (χ1v) is 9.17. The highest BCUT2D eigenvalue weighted by molar-refractivity contribution is 8.14. The molecule has 0 amide bonds. The number of hydrogen-bond acceptors (Lipinski definition) is 3. The molecule has 3 rings (SSSR count). The van der Waals surface area contributed by atoms with Gasteiger partial charge in [0.2, 0.25) is 0 Å². The van der Waals surface area contributed by atoms with Gasteiger partial charge in [0.1, 0.15) is 0 Å². The molecule has 1 aliphatic carbocycles. The highest BCUT2D eigenvalue weighted by atomic mass is 35.5. The Kier molecular flexibility index (Phi) is 4.45. The molecule has 1 fully saturated rings. The first-order chi connectivity index (χ1) is 9.99. The third-order valence-electron chi connectivity index (χ3n) is 4.40. The van der Waals surface area contributed by atoms with Crippen molar-refractivity contribution in [2.75, 3.05) is 11.1 Å². The SMILES string of the molecule is Cc1ccc(Cl)c(NC2=NC3(CCCC(C)C3)CS2)c1Cl. The summed E-state index contributed by atoms with van der Waals surface area (Å²) in [4.78, 5) is 4.99. The van der Waals surface area contributed by atoms with Gasteiger partial charge in [-0.1, -0.05) is 60.8 Å². The minimum atomic E-state index is 0.132. The van der Waals surface area contributed by atoms with Crippen molar-refractivity contribution in [3.63, 3.8) is 0 Å². The van der Waals surface area contributed by atoms with Gasteiger partial charge in [0.25, 0.3) is 0 Å². The summed E-state index contributed by atoms with van der Waals surface area (Å²) in [6, 6.07) is 3.81. The fourth-order valence-electron chi connectivity index (χ4n) is 3.29. The van der Waals surface area contributed by atoms with Crippen LogP contribution in [-0.2, 0) is 0 Å². The second-order valence-electron chi connectivity index (χ2n) is 6.31. The molecule has 2 nitrogen and oxygen atoms in total. The Balaban J connectivity index is 1.82. The van der Waals surface area contributed by atoms with Gasteiger partial charge >= 0.3 is 0 Å². The smallest absolute Gasteiger partial charge is 0.161 e. The van der Waals surface area contributed by atoms with Gasteiger partial charge in [-0.25, -0.2) is 0 Å². The highest BCUT2D eigenvalue weighted by Crippen LogP contribution is 2.43. The Morgan fingerprint density at radius 2 is 2.19 bits per heavy atom. The third kappa shape index (κ3) is 3.20. The molecule has 0 aromatic heterocycles. The van der Waals surface area contributed by atoms with Gasteiger partial charge in [-0.3, -0.25) is 4.99 Å². The van der Waals surface area contributed by atoms with E-state index in [1.165, 1.54) is 25.7 Å². The molecule has 0 radical (unpaired) electrons. The molecular formula is C16H20Cl2N2S. The Labute approximate surface area is 140 Å². The van der Waals surface area contributed by atoms with Gasteiger partial charge in [-0.15, -0.1) is 0 Å². The number of halogens is 2. The van der Waals surface area contributed by atoms with Crippen LogP contribution in [0, 0.1) is 12.8 Å². The number of rotatable bonds is 1. The summed E-state index contributed by atoms with van der Waals surface area (Å²) in [5.74, 6) is 1.84. The monoisotopic (exact) mass is 342 g/mol. The molecular weight excluding hydrogens is 323 g/mol. The molecule has 1 aliphatic heterocycles. The summed E-state index contributed by atoms with van der Waals surface area (Å²) in [5.41, 5.74) is 1.94. The average molecular weight is 343 g/mol. The number of benzene rings is 1. The molecule has 5 heteroatoms. The summed E-state index contributed by atoms with van der Waals surface area (Å²) < 4.78 is 0. The van der Waals surface area contributed by atoms with Gasteiger partial charge in [-0.05, 0) is 37.3 Å². The lowest BCUT2D eigenvalue weighted by Crippen LogP contribution is -2.33. The number of nitrogens with one attached hydrogen (secondary N) is 1. The third-order valence-corrected chi connectivity index (χ3v) is 6.35. The zero-order chi connectivity index (χ0) is 15.0. The summed E-state index contributed by atoms with van der Waals surface area (Å²) in [7, 11) is 0. The number of nitrogens with zero attached hydrogens (tertiary/aromatic N) is 1. The normalized spacial score (nSPS) is 28.8. The number of aliphatic imine (C=N–C) groups is 1. The van der Waals surface area contributed by atoms with Crippen molar-refractivity contribution in [1.29, 1.82) is 0 Å². The molecule has 2 aliphatic rings. The zero-order valence-corrected chi connectivity index (χ0v) is 14.7. The Bertz CT molecular complexity index is 588. The topological polar surface area (TPSA) is 24.4 Å². The molecule has 0 bridgehead atoms. The fourth-order valence-corrected chi connectivity index (χ4v) is 4.92. The Hall–Kier alpha value is -0.380. The molecule has 2 atom stereocenters. The summed E-state index contributed by atoms with van der Waals surface area (Å²) in [6.07, 6.45) is 5.01. The van der Waals surface area contributed by atoms with Crippen LogP contribution >= 0.6 is 35.0 Å². The summed E-state index contributed by atoms with van der Waals surface area (Å²) in [6.45, 7) is 4.32. The number of hydrogen-bond donors (Lipinski definition) is 1. The van der Waals surface area contributed by atoms with Gasteiger partial charge in [-0.2, -0.15) is 0 Å². The maximum absolute atomic E-state index is 6.37. The van der Waals surface area contributed by atoms with E-state index in [1.807, 2.05) is 19.1 Å². The van der Waals surface area contributed by atoms with Crippen LogP contribution in [0.15, 0.2) is 17.1 Å². The Morgan fingerprint density at radius 1 is 1.38 bits per heavy atom. The lowest BCUT2D eigenvalue weighted by Gasteiger charge is -2.33. The van der Waals surface area contributed by atoms with Crippen molar-refractivity contribution in [2.24, 2.45) is 10.9 Å². The molecule has 114 valence electrons. The summed E-state index contributed by atoms with van der Waals surface area (Å²) in [5, 5.41) is 5.64. The average Bonchev–Trinajstić information content (AvgIpc) is 2.81. The number of anilines is 1. The summed E-state index contributed by atoms with van der Waals surface area (Å²) >= 11 is 14.4. The van der Waals surface area contributed by atoms with Crippen molar-refractivity contribution < 1.29 is 0 Å². The van der Waals surface area contributed by atoms with E-state index in [0.717, 1.165) is 28.1 Å². The van der Waals surface area contributed by atoms with Crippen molar-refractivity contribution in [2.45, 2.75) is 45.1 Å². The molecule has 0 saturated heterocycles. The molecule has 1 saturated carbocycles. The van der Waals surface area contributed by atoms with E-state index in [2.05, 4.69) is 12.2 Å². The fraction of sp³-hybridized carbons (Fsp3) is 0.562. The van der Waals surface area contributed by atoms with Crippen LogP contribution in [0.25, 0.3) is 0 Å². The molecule has 1 spiro atoms. The van der Waals surface area contributed by atoms with E-state index < -0.39 is 0 Å². The zero-order valence-electron chi connectivity index (χ0n) is 12.4. The van der Waals surface area contributed by atoms with E-state index in [9.17, 15) is 0 Å². The van der Waals surface area contributed by atoms with E-state index in [1.54, 1.807) is 11.8 Å². The van der Waals surface area contributed by atoms with Crippen molar-refractivity contribution in [3.8, 4) is 0 Å². The van der Waals surface area contributed by atoms with Crippen molar-refractivity contribution in [1.82, 2.24) is 0 Å². The number of amidine groups is 1. The molecule has 1 N–H and O–H groups in total. The lowest BCUT2D eigenvalue weighted by atomic mass is 9.78. The van der Waals surface area contributed by atoms with E-state index in [-0.39, 0.29) is 5.54 Å². The van der Waals surface area contributed by atoms with E-state index in [0.29, 0.717) is 10.0 Å². The Morgan fingerprint density at radius 3 is 2.95 bits per heavy atom. The largest absolute Gasteiger partial charge is 0.333 e. The van der Waals surface area contributed by atoms with Gasteiger partial charge in [0.15, 0.2) is 5.17 Å². The van der Waals surface area contributed by atoms with Crippen LogP contribution in [0.2, 0.25) is 10.0 Å². The van der Waals surface area contributed by atoms with Gasteiger partial charge < -0.3 is 5.32 Å². The van der Waals surface area contributed by atoms with Crippen molar-refractivity contribution in [3.05, 3.63) is 27.7 Å². The molecule has 1 heterocycles. The first kappa shape index (κ1) is 15.5. The van der Waals surface area contributed by atoms with Crippen LogP contribution in [0.1, 0.15) is 38.2 Å². The lowest BCUT2D eigenvalue weighted by molar-refractivity contribution is 0.266. The second kappa shape index (κ2) is 6.02. The quantitative estimate of drug-likeness (QED) is 0.700. The van der Waals surface area contributed by atoms with Crippen LogP contribution < -0.4 is 5.32 Å². The highest BCUT2D eigenvalue weighted by Gasteiger charge is 2.39. The first-order valence-electron chi connectivity index (χ1n) is 7.43. The predicted molar refractivity (Wildman–Crippen MR) is 95.1 cm³/mol. The van der Waals surface area contributed by atoms with Crippen LogP contribution in [-0.4, -0.2) is 16.5 Å². The molecule has 2 unspecified atom stereocenters. The predicted octanol–water partition coefficient (Wildman–Crippen LogP) is 5.77. The maximum Gasteiger partial charge on any atom is 0.161 e. The maximum atomic E-state index is 6.37. The van der Waals surface area contributed by atoms with Crippen molar-refractivity contribution >= 4 is 45.8 Å². The minimum Gasteiger partial charge on any atom is -0.333 e. The van der Waals surface area contributed by atoms with Gasteiger partial charge in [0, 0.05) is 5.75 Å². The van der Waals surface area contributed by atoms with Crippen LogP contribution in [0.5, 0.6) is 0 Å². The van der Waals surface area contributed by atoms with Crippen LogP contribution in [0.4, 0.5) is 5.69 Å². The second-order valence-corrected chi connectivity index (χ2v) is 8.06. The molecule has 21 heavy (non-hydrogen) atoms. The minimum absolute atomic E-state index is 0.132. The number of aryl methyl sites for hydroxylation is 1. The molecule has 1 aromatic rings. The molecule has 1 aromatic carbocycles. The van der Waals surface area contributed by atoms with Crippen LogP contribution in [0.3, 0.4) is 0 Å².